The second kappa shape index (κ2) is 6.81. The summed E-state index contributed by atoms with van der Waals surface area (Å²) in [7, 11) is 0. The number of amides is 1. The summed E-state index contributed by atoms with van der Waals surface area (Å²) >= 11 is 1.66. The summed E-state index contributed by atoms with van der Waals surface area (Å²) in [6.45, 7) is 4.75. The number of carbonyl (C=O) groups excluding carboxylic acids is 1. The van der Waals surface area contributed by atoms with Gasteiger partial charge < -0.3 is 9.88 Å². The molecule has 0 aliphatic carbocycles. The Morgan fingerprint density at radius 2 is 1.85 bits per heavy atom. The van der Waals surface area contributed by atoms with Gasteiger partial charge in [0.05, 0.1) is 10.2 Å². The molecule has 4 rings (SSSR count). The molecule has 4 aromatic rings. The van der Waals surface area contributed by atoms with Gasteiger partial charge >= 0.3 is 0 Å². The number of benzene rings is 2. The highest BCUT2D eigenvalue weighted by Crippen LogP contribution is 2.27. The van der Waals surface area contributed by atoms with Crippen LogP contribution in [0.3, 0.4) is 0 Å². The molecule has 0 bridgehead atoms. The molecule has 0 aliphatic rings. The van der Waals surface area contributed by atoms with Crippen molar-refractivity contribution in [3.8, 4) is 0 Å². The van der Waals surface area contributed by atoms with Crippen LogP contribution in [-0.4, -0.2) is 10.5 Å². The lowest BCUT2D eigenvalue weighted by molar-refractivity contribution is 0.101. The Hall–Kier alpha value is -2.85. The second-order valence-corrected chi connectivity index (χ2v) is 7.49. The molecule has 0 saturated heterocycles. The summed E-state index contributed by atoms with van der Waals surface area (Å²) in [6.07, 6.45) is 0. The van der Waals surface area contributed by atoms with Gasteiger partial charge in [0.2, 0.25) is 0 Å². The number of aryl methyl sites for hydroxylation is 2. The minimum Gasteiger partial charge on any atom is -0.331 e. The van der Waals surface area contributed by atoms with Crippen LogP contribution in [0.25, 0.3) is 10.2 Å². The summed E-state index contributed by atoms with van der Waals surface area (Å²) < 4.78 is 3.23. The van der Waals surface area contributed by atoms with Crippen molar-refractivity contribution in [2.24, 2.45) is 0 Å². The Kier molecular flexibility index (Phi) is 4.35. The molecule has 3 nitrogen and oxygen atoms in total. The molecule has 2 aromatic carbocycles. The van der Waals surface area contributed by atoms with Crippen molar-refractivity contribution in [2.75, 3.05) is 5.32 Å². The first-order valence-corrected chi connectivity index (χ1v) is 9.49. The van der Waals surface area contributed by atoms with Crippen LogP contribution in [0.1, 0.15) is 27.2 Å². The smallest absolute Gasteiger partial charge is 0.272 e. The Morgan fingerprint density at radius 3 is 2.62 bits per heavy atom. The fourth-order valence-electron chi connectivity index (χ4n) is 3.24. The predicted octanol–water partition coefficient (Wildman–Crippen LogP) is 5.62. The molecular formula is C22H20N2OS. The highest BCUT2D eigenvalue weighted by atomic mass is 32.1. The van der Waals surface area contributed by atoms with E-state index in [1.807, 2.05) is 43.3 Å². The van der Waals surface area contributed by atoms with Gasteiger partial charge in [-0.3, -0.25) is 4.79 Å². The minimum atomic E-state index is -0.0729. The summed E-state index contributed by atoms with van der Waals surface area (Å²) in [5, 5.41) is 5.14. The van der Waals surface area contributed by atoms with Crippen molar-refractivity contribution in [3.63, 3.8) is 0 Å². The Morgan fingerprint density at radius 1 is 1.04 bits per heavy atom. The van der Waals surface area contributed by atoms with Gasteiger partial charge in [0.25, 0.3) is 5.91 Å². The summed E-state index contributed by atoms with van der Waals surface area (Å²) in [4.78, 5) is 13.0. The Labute approximate surface area is 156 Å². The van der Waals surface area contributed by atoms with Gasteiger partial charge in [0, 0.05) is 12.2 Å². The van der Waals surface area contributed by atoms with E-state index < -0.39 is 0 Å². The maximum atomic E-state index is 13.0. The molecule has 2 heterocycles. The molecule has 0 spiro atoms. The average Bonchev–Trinajstić information content (AvgIpc) is 3.21. The van der Waals surface area contributed by atoms with Gasteiger partial charge in [-0.1, -0.05) is 48.0 Å². The number of anilines is 1. The first kappa shape index (κ1) is 16.6. The third kappa shape index (κ3) is 3.16. The number of hydrogen-bond donors (Lipinski definition) is 1. The van der Waals surface area contributed by atoms with Crippen molar-refractivity contribution in [3.05, 3.63) is 88.4 Å². The van der Waals surface area contributed by atoms with Gasteiger partial charge in [-0.05, 0) is 48.6 Å². The Balaban J connectivity index is 1.70. The average molecular weight is 360 g/mol. The van der Waals surface area contributed by atoms with Gasteiger partial charge in [0.1, 0.15) is 5.69 Å². The third-order valence-electron chi connectivity index (χ3n) is 4.57. The van der Waals surface area contributed by atoms with E-state index in [-0.39, 0.29) is 5.91 Å². The maximum Gasteiger partial charge on any atom is 0.272 e. The zero-order valence-corrected chi connectivity index (χ0v) is 15.6. The fraction of sp³-hybridized carbons (Fsp3) is 0.136. The van der Waals surface area contributed by atoms with Crippen LogP contribution in [0.5, 0.6) is 0 Å². The van der Waals surface area contributed by atoms with Gasteiger partial charge in [-0.15, -0.1) is 11.3 Å². The van der Waals surface area contributed by atoms with Gasteiger partial charge in [0.15, 0.2) is 0 Å². The fourth-order valence-corrected chi connectivity index (χ4v) is 4.06. The molecule has 4 heteroatoms. The minimum absolute atomic E-state index is 0.0729. The number of nitrogens with one attached hydrogen (secondary N) is 1. The number of thiophene rings is 1. The molecule has 0 unspecified atom stereocenters. The zero-order chi connectivity index (χ0) is 18.1. The van der Waals surface area contributed by atoms with E-state index in [4.69, 9.17) is 0 Å². The summed E-state index contributed by atoms with van der Waals surface area (Å²) in [5.41, 5.74) is 6.09. The lowest BCUT2D eigenvalue weighted by Crippen LogP contribution is -2.18. The number of hydrogen-bond acceptors (Lipinski definition) is 2. The molecule has 130 valence electrons. The highest BCUT2D eigenvalue weighted by Gasteiger charge is 2.17. The van der Waals surface area contributed by atoms with E-state index in [9.17, 15) is 4.79 Å². The molecule has 1 N–H and O–H groups in total. The zero-order valence-electron chi connectivity index (χ0n) is 14.8. The second-order valence-electron chi connectivity index (χ2n) is 6.54. The van der Waals surface area contributed by atoms with Crippen LogP contribution in [0.15, 0.2) is 66.0 Å². The van der Waals surface area contributed by atoms with E-state index in [2.05, 4.69) is 46.5 Å². The van der Waals surface area contributed by atoms with E-state index in [1.165, 1.54) is 11.1 Å². The first-order chi connectivity index (χ1) is 12.6. The number of nitrogens with zero attached hydrogens (tertiary/aromatic N) is 1. The van der Waals surface area contributed by atoms with E-state index in [0.29, 0.717) is 12.2 Å². The van der Waals surface area contributed by atoms with Crippen LogP contribution >= 0.6 is 11.3 Å². The monoisotopic (exact) mass is 360 g/mol. The topological polar surface area (TPSA) is 34.0 Å². The number of rotatable bonds is 4. The van der Waals surface area contributed by atoms with Crippen molar-refractivity contribution in [1.82, 2.24) is 4.57 Å². The normalized spacial score (nSPS) is 11.0. The third-order valence-corrected chi connectivity index (χ3v) is 5.42. The number of fused-ring (bicyclic) bond motifs is 1. The van der Waals surface area contributed by atoms with E-state index in [0.717, 1.165) is 21.5 Å². The van der Waals surface area contributed by atoms with Crippen LogP contribution in [-0.2, 0) is 6.54 Å². The quantitative estimate of drug-likeness (QED) is 0.503. The molecule has 26 heavy (non-hydrogen) atoms. The van der Waals surface area contributed by atoms with E-state index >= 15 is 0 Å². The number of aromatic nitrogens is 1. The van der Waals surface area contributed by atoms with E-state index in [1.54, 1.807) is 11.3 Å². The van der Waals surface area contributed by atoms with Gasteiger partial charge in [-0.2, -0.15) is 0 Å². The van der Waals surface area contributed by atoms with Crippen molar-refractivity contribution in [1.29, 1.82) is 0 Å². The van der Waals surface area contributed by atoms with Crippen LogP contribution in [0.2, 0.25) is 0 Å². The molecule has 0 fully saturated rings. The maximum absolute atomic E-state index is 13.0. The van der Waals surface area contributed by atoms with Crippen molar-refractivity contribution in [2.45, 2.75) is 20.4 Å². The number of carbonyl (C=O) groups is 1. The summed E-state index contributed by atoms with van der Waals surface area (Å²) in [5.74, 6) is -0.0729. The first-order valence-electron chi connectivity index (χ1n) is 8.61. The van der Waals surface area contributed by atoms with Crippen molar-refractivity contribution < 1.29 is 4.79 Å². The predicted molar refractivity (Wildman–Crippen MR) is 109 cm³/mol. The molecule has 0 radical (unpaired) electrons. The summed E-state index contributed by atoms with van der Waals surface area (Å²) in [6, 6.07) is 20.4. The molecule has 1 amide bonds. The SMILES string of the molecule is Cc1ccc(NC(=O)c2cc3sccc3n2Cc2ccccc2)c(C)c1. The van der Waals surface area contributed by atoms with Crippen LogP contribution < -0.4 is 5.32 Å². The van der Waals surface area contributed by atoms with Crippen LogP contribution in [0, 0.1) is 13.8 Å². The largest absolute Gasteiger partial charge is 0.331 e. The molecule has 0 saturated carbocycles. The van der Waals surface area contributed by atoms with Crippen molar-refractivity contribution >= 4 is 33.1 Å². The molecule has 0 aliphatic heterocycles. The Bertz CT molecular complexity index is 1080. The lowest BCUT2D eigenvalue weighted by Gasteiger charge is -2.12. The lowest BCUT2D eigenvalue weighted by atomic mass is 10.1. The standard InChI is InChI=1S/C22H20N2OS/c1-15-8-9-18(16(2)12-15)23-22(25)20-13-21-19(10-11-26-21)24(20)14-17-6-4-3-5-7-17/h3-13H,14H2,1-2H3,(H,23,25). The molecular weight excluding hydrogens is 340 g/mol. The molecule has 0 atom stereocenters. The van der Waals surface area contributed by atoms with Crippen LogP contribution in [0.4, 0.5) is 5.69 Å². The highest BCUT2D eigenvalue weighted by molar-refractivity contribution is 7.17. The van der Waals surface area contributed by atoms with Gasteiger partial charge in [-0.25, -0.2) is 0 Å². The molecule has 2 aromatic heterocycles.